The van der Waals surface area contributed by atoms with Crippen LogP contribution >= 0.6 is 0 Å². The summed E-state index contributed by atoms with van der Waals surface area (Å²) in [6.45, 7) is 2.68. The summed E-state index contributed by atoms with van der Waals surface area (Å²) in [5, 5.41) is 5.83. The van der Waals surface area contributed by atoms with E-state index >= 15 is 0 Å². The summed E-state index contributed by atoms with van der Waals surface area (Å²) in [6.07, 6.45) is 3.60. The molecule has 0 saturated heterocycles. The van der Waals surface area contributed by atoms with Crippen molar-refractivity contribution in [1.82, 2.24) is 10.3 Å². The molecule has 5 nitrogen and oxygen atoms in total. The van der Waals surface area contributed by atoms with Crippen molar-refractivity contribution in [3.8, 4) is 0 Å². The maximum Gasteiger partial charge on any atom is 0.251 e. The van der Waals surface area contributed by atoms with Gasteiger partial charge in [0, 0.05) is 31.5 Å². The molecule has 5 heteroatoms. The third-order valence-electron chi connectivity index (χ3n) is 3.16. The monoisotopic (exact) mass is 270 g/mol. The quantitative estimate of drug-likeness (QED) is 0.742. The lowest BCUT2D eigenvalue weighted by Gasteiger charge is -2.11. The molecule has 1 heterocycles. The molecule has 2 rings (SSSR count). The number of aromatic nitrogens is 1. The highest BCUT2D eigenvalue weighted by Gasteiger charge is 2.06. The predicted molar refractivity (Wildman–Crippen MR) is 80.5 cm³/mol. The van der Waals surface area contributed by atoms with Crippen molar-refractivity contribution in [2.75, 3.05) is 18.1 Å². The molecule has 0 spiro atoms. The first-order valence-electron chi connectivity index (χ1n) is 6.37. The molecule has 0 saturated carbocycles. The van der Waals surface area contributed by atoms with Crippen molar-refractivity contribution in [2.24, 2.45) is 0 Å². The van der Waals surface area contributed by atoms with Crippen LogP contribution < -0.4 is 16.4 Å². The Labute approximate surface area is 118 Å². The van der Waals surface area contributed by atoms with Gasteiger partial charge in [-0.3, -0.25) is 9.78 Å². The van der Waals surface area contributed by atoms with Crippen LogP contribution in [0.4, 0.5) is 11.4 Å². The standard InChI is InChI=1S/C15H18N4O/c1-10-5-6-18-8-12(10)9-19-14-4-3-11(7-13(14)16)15(20)17-2/h3-8,19H,9,16H2,1-2H3,(H,17,20). The lowest BCUT2D eigenvalue weighted by molar-refractivity contribution is 0.0963. The van der Waals surface area contributed by atoms with Crippen LogP contribution in [0.3, 0.4) is 0 Å². The van der Waals surface area contributed by atoms with E-state index in [-0.39, 0.29) is 5.91 Å². The van der Waals surface area contributed by atoms with Gasteiger partial charge in [-0.15, -0.1) is 0 Å². The van der Waals surface area contributed by atoms with Gasteiger partial charge in [0.05, 0.1) is 11.4 Å². The Morgan fingerprint density at radius 3 is 2.80 bits per heavy atom. The molecule has 4 N–H and O–H groups in total. The van der Waals surface area contributed by atoms with Crippen molar-refractivity contribution in [1.29, 1.82) is 0 Å². The van der Waals surface area contributed by atoms with E-state index in [0.29, 0.717) is 17.8 Å². The van der Waals surface area contributed by atoms with Gasteiger partial charge in [0.1, 0.15) is 0 Å². The molecule has 0 aliphatic carbocycles. The van der Waals surface area contributed by atoms with E-state index in [1.165, 1.54) is 5.56 Å². The van der Waals surface area contributed by atoms with Gasteiger partial charge in [0.25, 0.3) is 5.91 Å². The number of pyridine rings is 1. The average Bonchev–Trinajstić information content (AvgIpc) is 2.46. The molecule has 0 bridgehead atoms. The number of rotatable bonds is 4. The normalized spacial score (nSPS) is 10.1. The fourth-order valence-electron chi connectivity index (χ4n) is 1.88. The minimum atomic E-state index is -0.147. The number of nitrogens with zero attached hydrogens (tertiary/aromatic N) is 1. The highest BCUT2D eigenvalue weighted by molar-refractivity contribution is 5.95. The van der Waals surface area contributed by atoms with Crippen molar-refractivity contribution in [3.63, 3.8) is 0 Å². The first-order valence-corrected chi connectivity index (χ1v) is 6.37. The van der Waals surface area contributed by atoms with E-state index in [1.54, 1.807) is 25.4 Å². The Morgan fingerprint density at radius 2 is 2.15 bits per heavy atom. The molecular weight excluding hydrogens is 252 g/mol. The molecule has 1 amide bonds. The van der Waals surface area contributed by atoms with E-state index in [9.17, 15) is 4.79 Å². The second-order valence-corrected chi connectivity index (χ2v) is 4.54. The predicted octanol–water partition coefficient (Wildman–Crippen LogP) is 1.94. The Kier molecular flexibility index (Phi) is 4.20. The first kappa shape index (κ1) is 13.9. The van der Waals surface area contributed by atoms with Crippen molar-refractivity contribution >= 4 is 17.3 Å². The zero-order valence-electron chi connectivity index (χ0n) is 11.6. The van der Waals surface area contributed by atoms with Crippen LogP contribution in [0.2, 0.25) is 0 Å². The first-order chi connectivity index (χ1) is 9.61. The van der Waals surface area contributed by atoms with Gasteiger partial charge in [-0.2, -0.15) is 0 Å². The van der Waals surface area contributed by atoms with Gasteiger partial charge in [-0.25, -0.2) is 0 Å². The summed E-state index contributed by atoms with van der Waals surface area (Å²) >= 11 is 0. The van der Waals surface area contributed by atoms with E-state index in [1.807, 2.05) is 25.3 Å². The Hall–Kier alpha value is -2.56. The average molecular weight is 270 g/mol. The van der Waals surface area contributed by atoms with Crippen LogP contribution in [0, 0.1) is 6.92 Å². The summed E-state index contributed by atoms with van der Waals surface area (Å²) in [4.78, 5) is 15.6. The fourth-order valence-corrected chi connectivity index (χ4v) is 1.88. The highest BCUT2D eigenvalue weighted by Crippen LogP contribution is 2.21. The molecule has 0 fully saturated rings. The maximum absolute atomic E-state index is 11.5. The Bertz CT molecular complexity index is 625. The molecule has 1 aromatic heterocycles. The van der Waals surface area contributed by atoms with Crippen LogP contribution in [0.15, 0.2) is 36.7 Å². The van der Waals surface area contributed by atoms with E-state index < -0.39 is 0 Å². The number of hydrogen-bond donors (Lipinski definition) is 3. The molecule has 104 valence electrons. The summed E-state index contributed by atoms with van der Waals surface area (Å²) in [6, 6.07) is 7.19. The number of benzene rings is 1. The largest absolute Gasteiger partial charge is 0.397 e. The lowest BCUT2D eigenvalue weighted by Crippen LogP contribution is -2.18. The zero-order valence-corrected chi connectivity index (χ0v) is 11.6. The highest BCUT2D eigenvalue weighted by atomic mass is 16.1. The molecule has 0 atom stereocenters. The summed E-state index contributed by atoms with van der Waals surface area (Å²) in [5.41, 5.74) is 10.1. The van der Waals surface area contributed by atoms with Crippen LogP contribution in [0.5, 0.6) is 0 Å². The number of aryl methyl sites for hydroxylation is 1. The van der Waals surface area contributed by atoms with E-state index in [2.05, 4.69) is 15.6 Å². The number of nitrogens with two attached hydrogens (primary N) is 1. The van der Waals surface area contributed by atoms with Gasteiger partial charge in [-0.1, -0.05) is 0 Å². The molecule has 0 unspecified atom stereocenters. The van der Waals surface area contributed by atoms with Crippen molar-refractivity contribution in [3.05, 3.63) is 53.3 Å². The number of hydrogen-bond acceptors (Lipinski definition) is 4. The SMILES string of the molecule is CNC(=O)c1ccc(NCc2cnccc2C)c(N)c1. The molecule has 1 aromatic carbocycles. The third kappa shape index (κ3) is 3.06. The molecule has 20 heavy (non-hydrogen) atoms. The van der Waals surface area contributed by atoms with Gasteiger partial charge < -0.3 is 16.4 Å². The molecule has 2 aromatic rings. The third-order valence-corrected chi connectivity index (χ3v) is 3.16. The second-order valence-electron chi connectivity index (χ2n) is 4.54. The maximum atomic E-state index is 11.5. The Balaban J connectivity index is 2.11. The number of nitrogens with one attached hydrogen (secondary N) is 2. The topological polar surface area (TPSA) is 80.0 Å². The molecule has 0 aliphatic heterocycles. The van der Waals surface area contributed by atoms with E-state index in [0.717, 1.165) is 11.3 Å². The molecule has 0 radical (unpaired) electrons. The number of anilines is 2. The lowest BCUT2D eigenvalue weighted by atomic mass is 10.1. The fraction of sp³-hybridized carbons (Fsp3) is 0.200. The van der Waals surface area contributed by atoms with Gasteiger partial charge in [-0.05, 0) is 42.3 Å². The van der Waals surface area contributed by atoms with Crippen LogP contribution in [0.1, 0.15) is 21.5 Å². The van der Waals surface area contributed by atoms with Crippen LogP contribution in [-0.2, 0) is 6.54 Å². The number of carbonyl (C=O) groups excluding carboxylic acids is 1. The minimum Gasteiger partial charge on any atom is -0.397 e. The van der Waals surface area contributed by atoms with Crippen LogP contribution in [0.25, 0.3) is 0 Å². The molecular formula is C15H18N4O. The molecule has 0 aliphatic rings. The van der Waals surface area contributed by atoms with Gasteiger partial charge in [0.15, 0.2) is 0 Å². The summed E-state index contributed by atoms with van der Waals surface area (Å²) < 4.78 is 0. The van der Waals surface area contributed by atoms with Gasteiger partial charge >= 0.3 is 0 Å². The van der Waals surface area contributed by atoms with Crippen molar-refractivity contribution in [2.45, 2.75) is 13.5 Å². The minimum absolute atomic E-state index is 0.147. The van der Waals surface area contributed by atoms with Crippen LogP contribution in [-0.4, -0.2) is 17.9 Å². The second kappa shape index (κ2) is 6.06. The summed E-state index contributed by atoms with van der Waals surface area (Å²) in [5.74, 6) is -0.147. The summed E-state index contributed by atoms with van der Waals surface area (Å²) in [7, 11) is 1.59. The smallest absolute Gasteiger partial charge is 0.251 e. The van der Waals surface area contributed by atoms with E-state index in [4.69, 9.17) is 5.73 Å². The Morgan fingerprint density at radius 1 is 1.35 bits per heavy atom. The number of carbonyl (C=O) groups is 1. The zero-order chi connectivity index (χ0) is 14.5. The van der Waals surface area contributed by atoms with Gasteiger partial charge in [0.2, 0.25) is 0 Å². The number of nitrogen functional groups attached to an aromatic ring is 1. The van der Waals surface area contributed by atoms with Crippen molar-refractivity contribution < 1.29 is 4.79 Å². The number of amides is 1.